The Morgan fingerprint density at radius 1 is 1.32 bits per heavy atom. The number of hydrogen-bond donors (Lipinski definition) is 2. The predicted octanol–water partition coefficient (Wildman–Crippen LogP) is 2.02. The van der Waals surface area contributed by atoms with E-state index in [-0.39, 0.29) is 11.2 Å². The average Bonchev–Trinajstić information content (AvgIpc) is 2.45. The zero-order valence-electron chi connectivity index (χ0n) is 11.7. The molecule has 1 amide bonds. The molecule has 0 radical (unpaired) electrons. The van der Waals surface area contributed by atoms with Gasteiger partial charge in [-0.1, -0.05) is 26.0 Å². The van der Waals surface area contributed by atoms with E-state index in [1.165, 1.54) is 0 Å². The van der Waals surface area contributed by atoms with Crippen molar-refractivity contribution in [2.75, 3.05) is 5.32 Å². The maximum Gasteiger partial charge on any atom is 0.239 e. The van der Waals surface area contributed by atoms with Gasteiger partial charge in [-0.2, -0.15) is 0 Å². The molecule has 0 spiro atoms. The molecule has 19 heavy (non-hydrogen) atoms. The van der Waals surface area contributed by atoms with E-state index in [0.717, 1.165) is 12.0 Å². The van der Waals surface area contributed by atoms with Crippen molar-refractivity contribution in [1.82, 2.24) is 0 Å². The summed E-state index contributed by atoms with van der Waals surface area (Å²) < 4.78 is 12.0. The van der Waals surface area contributed by atoms with Crippen LogP contribution < -0.4 is 11.1 Å². The summed E-state index contributed by atoms with van der Waals surface area (Å²) in [5.74, 6) is -0.209. The van der Waals surface area contributed by atoms with E-state index >= 15 is 0 Å². The minimum atomic E-state index is -1.15. The SMILES string of the molecule is CCC(C)S(=O)C(C)C(=O)Nc1ccc(CN)cc1. The van der Waals surface area contributed by atoms with Crippen molar-refractivity contribution in [2.45, 2.75) is 44.2 Å². The van der Waals surface area contributed by atoms with E-state index in [1.54, 1.807) is 19.1 Å². The van der Waals surface area contributed by atoms with Crippen LogP contribution in [-0.2, 0) is 22.1 Å². The van der Waals surface area contributed by atoms with Crippen molar-refractivity contribution >= 4 is 22.4 Å². The van der Waals surface area contributed by atoms with Crippen molar-refractivity contribution in [1.29, 1.82) is 0 Å². The van der Waals surface area contributed by atoms with Crippen molar-refractivity contribution in [3.8, 4) is 0 Å². The maximum atomic E-state index is 12.0. The van der Waals surface area contributed by atoms with Gasteiger partial charge in [0.05, 0.1) is 0 Å². The van der Waals surface area contributed by atoms with Crippen LogP contribution in [0.2, 0.25) is 0 Å². The summed E-state index contributed by atoms with van der Waals surface area (Å²) in [4.78, 5) is 12.0. The number of carbonyl (C=O) groups excluding carboxylic acids is 1. The van der Waals surface area contributed by atoms with Crippen LogP contribution in [0.5, 0.6) is 0 Å². The largest absolute Gasteiger partial charge is 0.326 e. The lowest BCUT2D eigenvalue weighted by Gasteiger charge is -2.16. The Labute approximate surface area is 117 Å². The Bertz CT molecular complexity index is 445. The van der Waals surface area contributed by atoms with E-state index in [0.29, 0.717) is 12.2 Å². The van der Waals surface area contributed by atoms with Crippen molar-refractivity contribution in [3.63, 3.8) is 0 Å². The quantitative estimate of drug-likeness (QED) is 0.838. The first kappa shape index (κ1) is 15.9. The fourth-order valence-corrected chi connectivity index (χ4v) is 2.88. The highest BCUT2D eigenvalue weighted by atomic mass is 32.2. The van der Waals surface area contributed by atoms with E-state index < -0.39 is 16.0 Å². The number of carbonyl (C=O) groups is 1. The number of hydrogen-bond acceptors (Lipinski definition) is 3. The topological polar surface area (TPSA) is 72.2 Å². The zero-order valence-corrected chi connectivity index (χ0v) is 12.5. The van der Waals surface area contributed by atoms with Crippen molar-refractivity contribution in [2.24, 2.45) is 5.73 Å². The number of anilines is 1. The Hall–Kier alpha value is -1.20. The van der Waals surface area contributed by atoms with Gasteiger partial charge in [0.25, 0.3) is 0 Å². The van der Waals surface area contributed by atoms with Gasteiger partial charge in [0.1, 0.15) is 5.25 Å². The summed E-state index contributed by atoms with van der Waals surface area (Å²) in [5.41, 5.74) is 7.22. The Balaban J connectivity index is 2.65. The molecule has 0 aliphatic rings. The normalized spacial score (nSPS) is 15.6. The molecule has 3 N–H and O–H groups in total. The minimum absolute atomic E-state index is 0.0281. The molecule has 106 valence electrons. The van der Waals surface area contributed by atoms with Gasteiger partial charge in [0, 0.05) is 28.3 Å². The summed E-state index contributed by atoms with van der Waals surface area (Å²) in [6, 6.07) is 7.34. The Kier molecular flexibility index (Phi) is 6.18. The lowest BCUT2D eigenvalue weighted by Crippen LogP contribution is -2.33. The minimum Gasteiger partial charge on any atom is -0.326 e. The van der Waals surface area contributed by atoms with Gasteiger partial charge in [0.15, 0.2) is 0 Å². The highest BCUT2D eigenvalue weighted by molar-refractivity contribution is 7.87. The van der Waals surface area contributed by atoms with Crippen LogP contribution >= 0.6 is 0 Å². The molecule has 0 aliphatic carbocycles. The Morgan fingerprint density at radius 3 is 2.37 bits per heavy atom. The van der Waals surface area contributed by atoms with Crippen LogP contribution in [0.4, 0.5) is 5.69 Å². The van der Waals surface area contributed by atoms with Crippen LogP contribution in [0.1, 0.15) is 32.8 Å². The number of nitrogens with one attached hydrogen (secondary N) is 1. The molecule has 0 bridgehead atoms. The second kappa shape index (κ2) is 7.40. The van der Waals surface area contributed by atoms with E-state index in [2.05, 4.69) is 5.32 Å². The van der Waals surface area contributed by atoms with Crippen LogP contribution in [-0.4, -0.2) is 20.6 Å². The fourth-order valence-electron chi connectivity index (χ4n) is 1.59. The Morgan fingerprint density at radius 2 is 1.89 bits per heavy atom. The van der Waals surface area contributed by atoms with Crippen LogP contribution in [0.3, 0.4) is 0 Å². The molecule has 1 aromatic rings. The van der Waals surface area contributed by atoms with E-state index in [9.17, 15) is 9.00 Å². The van der Waals surface area contributed by atoms with Crippen LogP contribution in [0, 0.1) is 0 Å². The third-order valence-electron chi connectivity index (χ3n) is 3.15. The smallest absolute Gasteiger partial charge is 0.239 e. The summed E-state index contributed by atoms with van der Waals surface area (Å²) in [7, 11) is -1.15. The number of amides is 1. The molecule has 3 unspecified atom stereocenters. The number of benzene rings is 1. The first-order valence-electron chi connectivity index (χ1n) is 6.48. The van der Waals surface area contributed by atoms with Gasteiger partial charge < -0.3 is 11.1 Å². The molecule has 0 saturated heterocycles. The van der Waals surface area contributed by atoms with Gasteiger partial charge in [-0.25, -0.2) is 0 Å². The van der Waals surface area contributed by atoms with Crippen LogP contribution in [0.15, 0.2) is 24.3 Å². The lowest BCUT2D eigenvalue weighted by atomic mass is 10.2. The summed E-state index contributed by atoms with van der Waals surface area (Å²) in [6.07, 6.45) is 0.801. The predicted molar refractivity (Wildman–Crippen MR) is 80.3 cm³/mol. The monoisotopic (exact) mass is 282 g/mol. The number of rotatable bonds is 6. The summed E-state index contributed by atoms with van der Waals surface area (Å²) in [5, 5.41) is 2.30. The van der Waals surface area contributed by atoms with Gasteiger partial charge in [-0.3, -0.25) is 9.00 Å². The van der Waals surface area contributed by atoms with Crippen LogP contribution in [0.25, 0.3) is 0 Å². The second-order valence-corrected chi connectivity index (χ2v) is 6.75. The molecule has 1 aromatic carbocycles. The lowest BCUT2D eigenvalue weighted by molar-refractivity contribution is -0.115. The first-order valence-corrected chi connectivity index (χ1v) is 7.76. The van der Waals surface area contributed by atoms with Gasteiger partial charge in [-0.15, -0.1) is 0 Å². The van der Waals surface area contributed by atoms with E-state index in [4.69, 9.17) is 5.73 Å². The van der Waals surface area contributed by atoms with Gasteiger partial charge in [-0.05, 0) is 31.0 Å². The maximum absolute atomic E-state index is 12.0. The molecule has 0 aromatic heterocycles. The molecule has 0 heterocycles. The molecule has 0 aliphatic heterocycles. The zero-order chi connectivity index (χ0) is 14.4. The fraction of sp³-hybridized carbons (Fsp3) is 0.500. The highest BCUT2D eigenvalue weighted by Gasteiger charge is 2.23. The van der Waals surface area contributed by atoms with E-state index in [1.807, 2.05) is 26.0 Å². The molecular weight excluding hydrogens is 260 g/mol. The van der Waals surface area contributed by atoms with Gasteiger partial charge in [0.2, 0.25) is 5.91 Å². The number of nitrogens with two attached hydrogens (primary N) is 1. The molecule has 4 nitrogen and oxygen atoms in total. The van der Waals surface area contributed by atoms with Crippen molar-refractivity contribution < 1.29 is 9.00 Å². The first-order chi connectivity index (χ1) is 8.99. The average molecular weight is 282 g/mol. The molecule has 1 rings (SSSR count). The summed E-state index contributed by atoms with van der Waals surface area (Å²) >= 11 is 0. The molecular formula is C14H22N2O2S. The molecule has 3 atom stereocenters. The standard InChI is InChI=1S/C14H22N2O2S/c1-4-10(2)19(18)11(3)14(17)16-13-7-5-12(9-15)6-8-13/h5-8,10-11H,4,9,15H2,1-3H3,(H,16,17). The van der Waals surface area contributed by atoms with Crippen molar-refractivity contribution in [3.05, 3.63) is 29.8 Å². The molecule has 5 heteroatoms. The van der Waals surface area contributed by atoms with Gasteiger partial charge >= 0.3 is 0 Å². The second-order valence-electron chi connectivity index (χ2n) is 4.58. The third-order valence-corrected chi connectivity index (χ3v) is 5.18. The molecule has 0 fully saturated rings. The highest BCUT2D eigenvalue weighted by Crippen LogP contribution is 2.12. The third kappa shape index (κ3) is 4.44. The molecule has 0 saturated carbocycles. The summed E-state index contributed by atoms with van der Waals surface area (Å²) in [6.45, 7) is 6.04.